The molecule has 1 amide bonds. The van der Waals surface area contributed by atoms with Crippen LogP contribution in [-0.4, -0.2) is 51.4 Å². The van der Waals surface area contributed by atoms with E-state index in [4.69, 9.17) is 24.7 Å². The lowest BCUT2D eigenvalue weighted by atomic mass is 9.82. The standard InChI is InChI=1S/C35H45N5O2Si.C2H4O2.H3N/c1-23-31(24(2)40(39-23)22-42-19-20-43(3,4)5)26-15-17-29(18-16-26)37-35(41)33(32(27-11-12-27)28-13-14-28)34-36-21-30(38-34)25-9-7-6-8-10-25;1-2(3)4;/h6-10,15-18,21,27-28,32-33H,11-14,19-20,22H2,1-5H3,(H,36,38)(H,37,41);1H3,(H,3,4);1H3. The molecule has 10 nitrogen and oxygen atoms in total. The molecule has 4 aromatic rings. The molecule has 2 aromatic heterocycles. The molecule has 2 heterocycles. The average Bonchev–Trinajstić information content (AvgIpc) is 3.96. The fourth-order valence-corrected chi connectivity index (χ4v) is 7.09. The Morgan fingerprint density at radius 1 is 1.00 bits per heavy atom. The smallest absolute Gasteiger partial charge is 0.300 e. The first-order chi connectivity index (χ1) is 22.4. The molecule has 258 valence electrons. The van der Waals surface area contributed by atoms with Gasteiger partial charge in [0, 0.05) is 50.3 Å². The largest absolute Gasteiger partial charge is 0.481 e. The lowest BCUT2D eigenvalue weighted by Gasteiger charge is -2.25. The minimum absolute atomic E-state index is 0. The van der Waals surface area contributed by atoms with E-state index in [2.05, 4.69) is 61.1 Å². The predicted molar refractivity (Wildman–Crippen MR) is 194 cm³/mol. The number of carbonyl (C=O) groups excluding carboxylic acids is 1. The van der Waals surface area contributed by atoms with Crippen molar-refractivity contribution >= 4 is 25.6 Å². The third-order valence-electron chi connectivity index (χ3n) is 8.99. The van der Waals surface area contributed by atoms with Gasteiger partial charge in [-0.05, 0) is 81.0 Å². The Morgan fingerprint density at radius 2 is 1.60 bits per heavy atom. The molecular weight excluding hydrogens is 621 g/mol. The van der Waals surface area contributed by atoms with Gasteiger partial charge in [-0.15, -0.1) is 0 Å². The van der Waals surface area contributed by atoms with Gasteiger partial charge in [-0.2, -0.15) is 5.10 Å². The highest BCUT2D eigenvalue weighted by Crippen LogP contribution is 2.54. The number of amides is 1. The van der Waals surface area contributed by atoms with E-state index in [9.17, 15) is 4.79 Å². The number of aromatic amines is 1. The Kier molecular flexibility index (Phi) is 12.2. The molecule has 6 rings (SSSR count). The van der Waals surface area contributed by atoms with Crippen molar-refractivity contribution in [2.45, 2.75) is 84.8 Å². The number of ether oxygens (including phenoxy) is 1. The Bertz CT molecular complexity index is 1640. The van der Waals surface area contributed by atoms with Crippen molar-refractivity contribution in [2.75, 3.05) is 11.9 Å². The number of benzene rings is 2. The second-order valence-electron chi connectivity index (χ2n) is 14.2. The summed E-state index contributed by atoms with van der Waals surface area (Å²) >= 11 is 0. The predicted octanol–water partition coefficient (Wildman–Crippen LogP) is 8.28. The van der Waals surface area contributed by atoms with Crippen LogP contribution in [0.5, 0.6) is 0 Å². The van der Waals surface area contributed by atoms with E-state index in [0.29, 0.717) is 24.5 Å². The molecule has 2 fully saturated rings. The van der Waals surface area contributed by atoms with Gasteiger partial charge in [0.05, 0.1) is 17.3 Å². The zero-order chi connectivity index (χ0) is 33.7. The number of carboxylic acids is 1. The number of aliphatic carboxylic acids is 1. The Balaban J connectivity index is 0.000000986. The maximum atomic E-state index is 14.0. The number of nitrogens with zero attached hydrogens (tertiary/aromatic N) is 3. The van der Waals surface area contributed by atoms with Crippen molar-refractivity contribution in [1.29, 1.82) is 0 Å². The first-order valence-electron chi connectivity index (χ1n) is 16.7. The van der Waals surface area contributed by atoms with Gasteiger partial charge in [0.1, 0.15) is 12.6 Å². The summed E-state index contributed by atoms with van der Waals surface area (Å²) in [6.07, 6.45) is 6.78. The number of hydrogen-bond acceptors (Lipinski definition) is 6. The monoisotopic (exact) mass is 672 g/mol. The van der Waals surface area contributed by atoms with Crippen molar-refractivity contribution in [3.63, 3.8) is 0 Å². The Labute approximate surface area is 285 Å². The van der Waals surface area contributed by atoms with Crippen LogP contribution >= 0.6 is 0 Å². The maximum absolute atomic E-state index is 14.0. The molecule has 6 N–H and O–H groups in total. The van der Waals surface area contributed by atoms with Gasteiger partial charge in [-0.1, -0.05) is 62.1 Å². The molecule has 2 aliphatic rings. The third kappa shape index (κ3) is 9.74. The van der Waals surface area contributed by atoms with Crippen LogP contribution in [0.3, 0.4) is 0 Å². The van der Waals surface area contributed by atoms with Gasteiger partial charge < -0.3 is 26.3 Å². The maximum Gasteiger partial charge on any atom is 0.300 e. The number of imidazole rings is 1. The lowest BCUT2D eigenvalue weighted by molar-refractivity contribution is -0.134. The molecule has 0 aliphatic heterocycles. The normalized spacial score (nSPS) is 14.9. The van der Waals surface area contributed by atoms with E-state index in [0.717, 1.165) is 64.9 Å². The van der Waals surface area contributed by atoms with Crippen LogP contribution in [0.4, 0.5) is 5.69 Å². The molecule has 2 aromatic carbocycles. The van der Waals surface area contributed by atoms with Gasteiger partial charge in [0.2, 0.25) is 5.91 Å². The number of H-pyrrole nitrogens is 1. The zero-order valence-corrected chi connectivity index (χ0v) is 30.3. The van der Waals surface area contributed by atoms with Crippen LogP contribution in [0.1, 0.15) is 55.7 Å². The van der Waals surface area contributed by atoms with E-state index in [1.807, 2.05) is 48.1 Å². The van der Waals surface area contributed by atoms with E-state index in [-0.39, 0.29) is 18.0 Å². The SMILES string of the molecule is CC(=O)O.Cc1nn(COCC[Si](C)(C)C)c(C)c1-c1ccc(NC(=O)C(c2nc(-c3ccccc3)c[nH]2)C(C2CC2)C2CC2)cc1.N. The van der Waals surface area contributed by atoms with Crippen molar-refractivity contribution in [3.05, 3.63) is 78.0 Å². The van der Waals surface area contributed by atoms with E-state index < -0.39 is 14.0 Å². The van der Waals surface area contributed by atoms with Crippen LogP contribution in [0, 0.1) is 31.6 Å². The van der Waals surface area contributed by atoms with Crippen LogP contribution in [0.2, 0.25) is 25.7 Å². The fraction of sp³-hybridized carbons (Fsp3) is 0.459. The van der Waals surface area contributed by atoms with Gasteiger partial charge in [-0.3, -0.25) is 9.59 Å². The van der Waals surface area contributed by atoms with Gasteiger partial charge >= 0.3 is 0 Å². The number of anilines is 1. The average molecular weight is 673 g/mol. The Morgan fingerprint density at radius 3 is 2.17 bits per heavy atom. The molecule has 0 spiro atoms. The summed E-state index contributed by atoms with van der Waals surface area (Å²) in [6.45, 7) is 13.6. The summed E-state index contributed by atoms with van der Waals surface area (Å²) in [5.41, 5.74) is 7.02. The number of aromatic nitrogens is 4. The number of hydrogen-bond donors (Lipinski definition) is 4. The minimum Gasteiger partial charge on any atom is -0.481 e. The highest BCUT2D eigenvalue weighted by Gasteiger charge is 2.49. The first kappa shape index (κ1) is 36.8. The molecule has 11 heteroatoms. The van der Waals surface area contributed by atoms with Crippen LogP contribution in [0.15, 0.2) is 60.8 Å². The zero-order valence-electron chi connectivity index (χ0n) is 29.3. The second kappa shape index (κ2) is 15.9. The van der Waals surface area contributed by atoms with Gasteiger partial charge in [0.15, 0.2) is 0 Å². The molecule has 48 heavy (non-hydrogen) atoms. The minimum atomic E-state index is -1.13. The fourth-order valence-electron chi connectivity index (χ4n) is 6.34. The van der Waals surface area contributed by atoms with Crippen molar-refractivity contribution in [2.24, 2.45) is 17.8 Å². The molecular formula is C37H52N6O4Si. The van der Waals surface area contributed by atoms with Crippen LogP contribution in [0.25, 0.3) is 22.4 Å². The summed E-state index contributed by atoms with van der Waals surface area (Å²) in [7, 11) is -1.13. The summed E-state index contributed by atoms with van der Waals surface area (Å²) in [5.74, 6) is 1.23. The van der Waals surface area contributed by atoms with E-state index in [1.54, 1.807) is 0 Å². The molecule has 0 radical (unpaired) electrons. The van der Waals surface area contributed by atoms with Gasteiger partial charge in [-0.25, -0.2) is 9.67 Å². The molecule has 1 unspecified atom stereocenters. The number of carbonyl (C=O) groups is 2. The number of carboxylic acid groups (broad SMARTS) is 1. The highest BCUT2D eigenvalue weighted by atomic mass is 28.3. The molecule has 0 saturated heterocycles. The van der Waals surface area contributed by atoms with Crippen molar-refractivity contribution in [1.82, 2.24) is 25.9 Å². The van der Waals surface area contributed by atoms with Crippen LogP contribution < -0.4 is 11.5 Å². The summed E-state index contributed by atoms with van der Waals surface area (Å²) in [4.78, 5) is 31.4. The van der Waals surface area contributed by atoms with Crippen molar-refractivity contribution < 1.29 is 19.4 Å². The Hall–Kier alpha value is -4.06. The van der Waals surface area contributed by atoms with Gasteiger partial charge in [0.25, 0.3) is 5.97 Å². The number of aryl methyl sites for hydroxylation is 1. The third-order valence-corrected chi connectivity index (χ3v) is 10.7. The summed E-state index contributed by atoms with van der Waals surface area (Å²) in [6, 6.07) is 19.5. The molecule has 1 atom stereocenters. The highest BCUT2D eigenvalue weighted by molar-refractivity contribution is 6.76. The number of nitrogens with one attached hydrogen (secondary N) is 2. The lowest BCUT2D eigenvalue weighted by Crippen LogP contribution is -2.31. The molecule has 2 aliphatic carbocycles. The quantitative estimate of drug-likeness (QED) is 0.0822. The summed E-state index contributed by atoms with van der Waals surface area (Å²) < 4.78 is 7.93. The van der Waals surface area contributed by atoms with E-state index in [1.165, 1.54) is 25.7 Å². The second-order valence-corrected chi connectivity index (χ2v) is 19.9. The van der Waals surface area contributed by atoms with Crippen molar-refractivity contribution in [3.8, 4) is 22.4 Å². The number of rotatable bonds is 13. The topological polar surface area (TPSA) is 157 Å². The van der Waals surface area contributed by atoms with E-state index >= 15 is 0 Å². The first-order valence-corrected chi connectivity index (χ1v) is 20.5. The molecule has 2 saturated carbocycles. The summed E-state index contributed by atoms with van der Waals surface area (Å²) in [5, 5.41) is 15.4. The molecule has 0 bridgehead atoms. The van der Waals surface area contributed by atoms with Crippen LogP contribution in [-0.2, 0) is 21.1 Å².